The molecule has 0 spiro atoms. The Morgan fingerprint density at radius 2 is 1.90 bits per heavy atom. The van der Waals surface area contributed by atoms with Gasteiger partial charge in [-0.3, -0.25) is 14.4 Å². The predicted octanol–water partition coefficient (Wildman–Crippen LogP) is 3.03. The molecule has 1 atom stereocenters. The largest absolute Gasteiger partial charge is 0.485 e. The summed E-state index contributed by atoms with van der Waals surface area (Å²) in [7, 11) is 0. The van der Waals surface area contributed by atoms with Gasteiger partial charge in [-0.2, -0.15) is 0 Å². The number of aryl methyl sites for hydroxylation is 1. The molecule has 0 aliphatic carbocycles. The molecule has 0 saturated carbocycles. The predicted molar refractivity (Wildman–Crippen MR) is 107 cm³/mol. The molecular formula is C21H21F2N3O4. The van der Waals surface area contributed by atoms with Crippen LogP contribution in [0.4, 0.5) is 20.2 Å². The highest BCUT2D eigenvalue weighted by Gasteiger charge is 2.21. The van der Waals surface area contributed by atoms with Crippen LogP contribution in [0.3, 0.4) is 0 Å². The topological polar surface area (TPSA) is 96.5 Å². The highest BCUT2D eigenvalue weighted by atomic mass is 19.3. The van der Waals surface area contributed by atoms with Crippen molar-refractivity contribution in [2.75, 3.05) is 17.2 Å². The average Bonchev–Trinajstić information content (AvgIpc) is 2.72. The van der Waals surface area contributed by atoms with Crippen LogP contribution in [-0.4, -0.2) is 30.8 Å². The van der Waals surface area contributed by atoms with Gasteiger partial charge in [0.25, 0.3) is 6.43 Å². The molecule has 3 N–H and O–H groups in total. The van der Waals surface area contributed by atoms with E-state index < -0.39 is 30.9 Å². The fourth-order valence-corrected chi connectivity index (χ4v) is 3.05. The quantitative estimate of drug-likeness (QED) is 0.630. The molecule has 1 aliphatic heterocycles. The zero-order chi connectivity index (χ0) is 21.7. The Hall–Kier alpha value is -3.49. The molecule has 1 aliphatic rings. The molecule has 158 valence electrons. The maximum absolute atomic E-state index is 12.4. The number of carbonyl (C=O) groups excluding carboxylic acids is 3. The third kappa shape index (κ3) is 5.31. The molecular weight excluding hydrogens is 396 g/mol. The number of hydrogen-bond donors (Lipinski definition) is 3. The van der Waals surface area contributed by atoms with E-state index in [0.717, 1.165) is 16.8 Å². The van der Waals surface area contributed by atoms with Gasteiger partial charge in [0, 0.05) is 12.1 Å². The van der Waals surface area contributed by atoms with Crippen molar-refractivity contribution in [3.05, 3.63) is 53.6 Å². The lowest BCUT2D eigenvalue weighted by atomic mass is 9.98. The minimum absolute atomic E-state index is 0.0360. The number of amides is 3. The second-order valence-corrected chi connectivity index (χ2v) is 6.81. The molecule has 30 heavy (non-hydrogen) atoms. The number of anilines is 2. The van der Waals surface area contributed by atoms with E-state index in [1.165, 1.54) is 12.1 Å². The smallest absolute Gasteiger partial charge is 0.313 e. The molecule has 0 aromatic heterocycles. The summed E-state index contributed by atoms with van der Waals surface area (Å²) in [5, 5.41) is 7.77. The van der Waals surface area contributed by atoms with Gasteiger partial charge in [0.1, 0.15) is 12.4 Å². The maximum atomic E-state index is 12.4. The number of carbonyl (C=O) groups is 3. The van der Waals surface area contributed by atoms with Gasteiger partial charge in [0.15, 0.2) is 0 Å². The third-order valence-corrected chi connectivity index (χ3v) is 4.58. The van der Waals surface area contributed by atoms with E-state index in [1.807, 2.05) is 6.07 Å². The van der Waals surface area contributed by atoms with E-state index in [-0.39, 0.29) is 17.3 Å². The molecule has 2 aromatic rings. The Morgan fingerprint density at radius 1 is 1.13 bits per heavy atom. The van der Waals surface area contributed by atoms with Gasteiger partial charge >= 0.3 is 11.8 Å². The first-order valence-electron chi connectivity index (χ1n) is 9.38. The summed E-state index contributed by atoms with van der Waals surface area (Å²) in [5.74, 6) is -1.81. The van der Waals surface area contributed by atoms with Crippen LogP contribution >= 0.6 is 0 Å². The molecule has 1 unspecified atom stereocenters. The van der Waals surface area contributed by atoms with E-state index in [0.29, 0.717) is 12.8 Å². The second-order valence-electron chi connectivity index (χ2n) is 6.81. The number of hydrogen-bond acceptors (Lipinski definition) is 4. The van der Waals surface area contributed by atoms with Crippen LogP contribution in [0.25, 0.3) is 0 Å². The number of para-hydroxylation sites is 2. The lowest BCUT2D eigenvalue weighted by molar-refractivity contribution is -0.136. The number of nitrogens with one attached hydrogen (secondary N) is 3. The molecule has 7 nitrogen and oxygen atoms in total. The van der Waals surface area contributed by atoms with Gasteiger partial charge in [-0.1, -0.05) is 24.3 Å². The first kappa shape index (κ1) is 21.2. The van der Waals surface area contributed by atoms with E-state index in [1.54, 1.807) is 31.2 Å². The Kier molecular flexibility index (Phi) is 6.61. The number of halogens is 2. The lowest BCUT2D eigenvalue weighted by Crippen LogP contribution is -2.37. The summed E-state index contributed by atoms with van der Waals surface area (Å²) in [6.45, 7) is 0.906. The summed E-state index contributed by atoms with van der Waals surface area (Å²) in [5.41, 5.74) is 2.61. The average molecular weight is 417 g/mol. The van der Waals surface area contributed by atoms with Crippen LogP contribution < -0.4 is 20.7 Å². The van der Waals surface area contributed by atoms with Crippen LogP contribution in [0.1, 0.15) is 30.5 Å². The number of alkyl halides is 2. The second kappa shape index (κ2) is 9.34. The Bertz CT molecular complexity index is 965. The van der Waals surface area contributed by atoms with Crippen molar-refractivity contribution >= 4 is 29.1 Å². The summed E-state index contributed by atoms with van der Waals surface area (Å²) < 4.78 is 29.7. The van der Waals surface area contributed by atoms with Gasteiger partial charge in [-0.25, -0.2) is 8.78 Å². The molecule has 3 amide bonds. The molecule has 0 saturated heterocycles. The van der Waals surface area contributed by atoms with Crippen molar-refractivity contribution in [3.63, 3.8) is 0 Å². The van der Waals surface area contributed by atoms with Gasteiger partial charge in [-0.05, 0) is 42.7 Å². The van der Waals surface area contributed by atoms with E-state index in [4.69, 9.17) is 4.74 Å². The monoisotopic (exact) mass is 417 g/mol. The van der Waals surface area contributed by atoms with Crippen LogP contribution in [0.2, 0.25) is 0 Å². The van der Waals surface area contributed by atoms with Gasteiger partial charge in [0.05, 0.1) is 11.7 Å². The molecule has 0 bridgehead atoms. The first-order valence-corrected chi connectivity index (χ1v) is 9.38. The maximum Gasteiger partial charge on any atom is 0.313 e. The van der Waals surface area contributed by atoms with Crippen LogP contribution in [0.15, 0.2) is 42.5 Å². The molecule has 3 rings (SSSR count). The van der Waals surface area contributed by atoms with Crippen LogP contribution in [0.5, 0.6) is 5.75 Å². The zero-order valence-electron chi connectivity index (χ0n) is 16.2. The van der Waals surface area contributed by atoms with Crippen molar-refractivity contribution < 1.29 is 27.9 Å². The zero-order valence-corrected chi connectivity index (χ0v) is 16.2. The molecule has 1 heterocycles. The molecule has 2 aromatic carbocycles. The van der Waals surface area contributed by atoms with Crippen LogP contribution in [-0.2, 0) is 20.8 Å². The Labute approximate surface area is 171 Å². The Morgan fingerprint density at radius 3 is 2.67 bits per heavy atom. The van der Waals surface area contributed by atoms with Gasteiger partial charge in [0.2, 0.25) is 5.91 Å². The lowest BCUT2D eigenvalue weighted by Gasteiger charge is -2.20. The normalized spacial score (nSPS) is 13.8. The molecule has 0 radical (unpaired) electrons. The summed E-state index contributed by atoms with van der Waals surface area (Å²) in [4.78, 5) is 36.0. The van der Waals surface area contributed by atoms with Gasteiger partial charge in [-0.15, -0.1) is 0 Å². The summed E-state index contributed by atoms with van der Waals surface area (Å²) >= 11 is 0. The van der Waals surface area contributed by atoms with Gasteiger partial charge < -0.3 is 20.7 Å². The van der Waals surface area contributed by atoms with Crippen molar-refractivity contribution in [3.8, 4) is 5.75 Å². The van der Waals surface area contributed by atoms with E-state index >= 15 is 0 Å². The van der Waals surface area contributed by atoms with Crippen LogP contribution in [0, 0.1) is 0 Å². The number of ether oxygens (including phenoxy) is 1. The molecule has 9 heteroatoms. The first-order chi connectivity index (χ1) is 14.3. The number of benzene rings is 2. The Balaban J connectivity index is 1.62. The fraction of sp³-hybridized carbons (Fsp3) is 0.286. The SMILES string of the molecule is CC(NC(=O)C(=O)Nc1ccccc1OCC(F)F)c1ccc2c(c1)CCC(=O)N2. The minimum atomic E-state index is -2.66. The van der Waals surface area contributed by atoms with E-state index in [9.17, 15) is 23.2 Å². The summed E-state index contributed by atoms with van der Waals surface area (Å²) in [6.07, 6.45) is -1.67. The molecule has 0 fully saturated rings. The summed E-state index contributed by atoms with van der Waals surface area (Å²) in [6, 6.07) is 11.0. The van der Waals surface area contributed by atoms with Crippen molar-refractivity contribution in [1.29, 1.82) is 0 Å². The highest BCUT2D eigenvalue weighted by molar-refractivity contribution is 6.39. The minimum Gasteiger partial charge on any atom is -0.485 e. The van der Waals surface area contributed by atoms with Crippen molar-refractivity contribution in [2.24, 2.45) is 0 Å². The van der Waals surface area contributed by atoms with Crippen molar-refractivity contribution in [1.82, 2.24) is 5.32 Å². The number of fused-ring (bicyclic) bond motifs is 1. The fourth-order valence-electron chi connectivity index (χ4n) is 3.05. The standard InChI is InChI=1S/C21H21F2N3O4/c1-12(13-6-8-15-14(10-13)7-9-19(27)25-15)24-20(28)21(29)26-16-4-2-3-5-17(16)30-11-18(22)23/h2-6,8,10,12,18H,7,9,11H2,1H3,(H,24,28)(H,25,27)(H,26,29). The third-order valence-electron chi connectivity index (χ3n) is 4.58. The number of rotatable bonds is 6. The highest BCUT2D eigenvalue weighted by Crippen LogP contribution is 2.26. The van der Waals surface area contributed by atoms with Crippen molar-refractivity contribution in [2.45, 2.75) is 32.2 Å². The van der Waals surface area contributed by atoms with E-state index in [2.05, 4.69) is 16.0 Å².